The first-order valence-electron chi connectivity index (χ1n) is 6.09. The molecular weight excluding hydrogens is 298 g/mol. The molecule has 112 valence electrons. The molecule has 2 rings (SSSR count). The second kappa shape index (κ2) is 6.40. The number of halogens is 1. The molecule has 0 unspecified atom stereocenters. The van der Waals surface area contributed by atoms with E-state index in [1.165, 1.54) is 24.2 Å². The van der Waals surface area contributed by atoms with E-state index < -0.39 is 5.97 Å². The number of carbonyl (C=O) groups is 2. The quantitative estimate of drug-likeness (QED) is 0.834. The van der Waals surface area contributed by atoms with Crippen molar-refractivity contribution < 1.29 is 14.3 Å². The van der Waals surface area contributed by atoms with Crippen LogP contribution in [0.25, 0.3) is 0 Å². The molecule has 0 aliphatic heterocycles. The Morgan fingerprint density at radius 3 is 2.81 bits per heavy atom. The Bertz CT molecular complexity index is 664. The third-order valence-electron chi connectivity index (χ3n) is 2.65. The molecule has 0 aromatic carbocycles. The third-order valence-corrected chi connectivity index (χ3v) is 2.85. The predicted molar refractivity (Wildman–Crippen MR) is 75.0 cm³/mol. The van der Waals surface area contributed by atoms with Crippen LogP contribution in [0.5, 0.6) is 0 Å². The van der Waals surface area contributed by atoms with Crippen LogP contribution in [-0.4, -0.2) is 38.5 Å². The first-order chi connectivity index (χ1) is 9.99. The highest BCUT2D eigenvalue weighted by molar-refractivity contribution is 6.30. The van der Waals surface area contributed by atoms with Gasteiger partial charge < -0.3 is 10.1 Å². The number of aromatic nitrogens is 4. The molecule has 0 aliphatic rings. The molecule has 1 N–H and O–H groups in total. The van der Waals surface area contributed by atoms with Gasteiger partial charge >= 0.3 is 5.97 Å². The second-order valence-corrected chi connectivity index (χ2v) is 4.71. The van der Waals surface area contributed by atoms with Crippen LogP contribution in [0.3, 0.4) is 0 Å². The summed E-state index contributed by atoms with van der Waals surface area (Å²) in [7, 11) is 2.90. The Labute approximate surface area is 125 Å². The SMILES string of the molecule is COC(=O)c1nn(C)cc1NC(=O)CCn1cc(Cl)cn1. The average Bonchev–Trinajstić information content (AvgIpc) is 3.01. The summed E-state index contributed by atoms with van der Waals surface area (Å²) in [6.07, 6.45) is 4.84. The Morgan fingerprint density at radius 2 is 2.19 bits per heavy atom. The lowest BCUT2D eigenvalue weighted by molar-refractivity contribution is -0.116. The smallest absolute Gasteiger partial charge is 0.360 e. The van der Waals surface area contributed by atoms with E-state index in [0.29, 0.717) is 17.3 Å². The molecule has 2 aromatic heterocycles. The molecule has 0 aliphatic carbocycles. The number of nitrogens with one attached hydrogen (secondary N) is 1. The second-order valence-electron chi connectivity index (χ2n) is 4.28. The lowest BCUT2D eigenvalue weighted by Crippen LogP contribution is -2.16. The molecule has 0 radical (unpaired) electrons. The molecule has 2 heterocycles. The number of hydrogen-bond acceptors (Lipinski definition) is 5. The Morgan fingerprint density at radius 1 is 1.43 bits per heavy atom. The van der Waals surface area contributed by atoms with Gasteiger partial charge in [0.1, 0.15) is 0 Å². The van der Waals surface area contributed by atoms with Crippen LogP contribution in [0, 0.1) is 0 Å². The fraction of sp³-hybridized carbons (Fsp3) is 0.333. The van der Waals surface area contributed by atoms with Crippen molar-refractivity contribution in [2.24, 2.45) is 7.05 Å². The van der Waals surface area contributed by atoms with Crippen molar-refractivity contribution in [2.75, 3.05) is 12.4 Å². The number of nitrogens with zero attached hydrogens (tertiary/aromatic N) is 4. The number of rotatable bonds is 5. The van der Waals surface area contributed by atoms with Crippen molar-refractivity contribution in [2.45, 2.75) is 13.0 Å². The molecule has 0 atom stereocenters. The minimum Gasteiger partial charge on any atom is -0.464 e. The summed E-state index contributed by atoms with van der Waals surface area (Å²) < 4.78 is 7.60. The van der Waals surface area contributed by atoms with Gasteiger partial charge in [0.25, 0.3) is 0 Å². The van der Waals surface area contributed by atoms with Crippen molar-refractivity contribution in [1.29, 1.82) is 0 Å². The number of anilines is 1. The highest BCUT2D eigenvalue weighted by atomic mass is 35.5. The molecule has 0 bridgehead atoms. The maximum atomic E-state index is 11.9. The lowest BCUT2D eigenvalue weighted by Gasteiger charge is -2.04. The predicted octanol–water partition coefficient (Wildman–Crippen LogP) is 1.09. The van der Waals surface area contributed by atoms with Crippen LogP contribution in [0.15, 0.2) is 18.6 Å². The molecular formula is C12H14ClN5O3. The number of amides is 1. The molecule has 21 heavy (non-hydrogen) atoms. The van der Waals surface area contributed by atoms with E-state index in [-0.39, 0.29) is 18.0 Å². The van der Waals surface area contributed by atoms with Crippen LogP contribution in [0.1, 0.15) is 16.9 Å². The molecule has 9 heteroatoms. The van der Waals surface area contributed by atoms with Gasteiger partial charge in [0.05, 0.1) is 24.0 Å². The number of carbonyl (C=O) groups excluding carboxylic acids is 2. The number of esters is 1. The standard InChI is InChI=1S/C12H14ClN5O3/c1-17-7-9(11(16-17)12(20)21-2)15-10(19)3-4-18-6-8(13)5-14-18/h5-7H,3-4H2,1-2H3,(H,15,19). The summed E-state index contributed by atoms with van der Waals surface area (Å²) >= 11 is 5.73. The number of hydrogen-bond donors (Lipinski definition) is 1. The zero-order valence-corrected chi connectivity index (χ0v) is 12.3. The van der Waals surface area contributed by atoms with E-state index in [4.69, 9.17) is 11.6 Å². The van der Waals surface area contributed by atoms with Crippen LogP contribution < -0.4 is 5.32 Å². The summed E-state index contributed by atoms with van der Waals surface area (Å²) in [6, 6.07) is 0. The van der Waals surface area contributed by atoms with Crippen molar-refractivity contribution >= 4 is 29.2 Å². The van der Waals surface area contributed by atoms with Gasteiger partial charge in [-0.05, 0) is 0 Å². The zero-order valence-electron chi connectivity index (χ0n) is 11.5. The summed E-state index contributed by atoms with van der Waals surface area (Å²) in [6.45, 7) is 0.381. The van der Waals surface area contributed by atoms with Gasteiger partial charge in [-0.25, -0.2) is 4.79 Å². The van der Waals surface area contributed by atoms with E-state index in [1.807, 2.05) is 0 Å². The minimum absolute atomic E-state index is 0.0653. The first-order valence-corrected chi connectivity index (χ1v) is 6.47. The van der Waals surface area contributed by atoms with Gasteiger partial charge in [-0.3, -0.25) is 14.2 Å². The van der Waals surface area contributed by atoms with Crippen LogP contribution in [-0.2, 0) is 23.1 Å². The molecule has 0 saturated carbocycles. The van der Waals surface area contributed by atoms with Gasteiger partial charge in [0.15, 0.2) is 5.69 Å². The molecule has 1 amide bonds. The molecule has 0 fully saturated rings. The Kier molecular flexibility index (Phi) is 4.59. The zero-order chi connectivity index (χ0) is 15.4. The minimum atomic E-state index is -0.607. The normalized spacial score (nSPS) is 10.4. The summed E-state index contributed by atoms with van der Waals surface area (Å²) in [5.74, 6) is -0.871. The molecule has 0 saturated heterocycles. The van der Waals surface area contributed by atoms with E-state index in [0.717, 1.165) is 0 Å². The molecule has 8 nitrogen and oxygen atoms in total. The van der Waals surface area contributed by atoms with Gasteiger partial charge in [0, 0.05) is 32.4 Å². The maximum Gasteiger partial charge on any atom is 0.360 e. The largest absolute Gasteiger partial charge is 0.464 e. The van der Waals surface area contributed by atoms with E-state index >= 15 is 0 Å². The van der Waals surface area contributed by atoms with Crippen molar-refractivity contribution in [3.05, 3.63) is 29.3 Å². The number of aryl methyl sites for hydroxylation is 2. The first kappa shape index (κ1) is 15.0. The summed E-state index contributed by atoms with van der Waals surface area (Å²) in [5.41, 5.74) is 0.378. The van der Waals surface area contributed by atoms with Crippen molar-refractivity contribution in [3.8, 4) is 0 Å². The summed E-state index contributed by atoms with van der Waals surface area (Å²) in [4.78, 5) is 23.4. The fourth-order valence-corrected chi connectivity index (χ4v) is 1.87. The van der Waals surface area contributed by atoms with E-state index in [1.54, 1.807) is 17.9 Å². The maximum absolute atomic E-state index is 11.9. The van der Waals surface area contributed by atoms with Crippen LogP contribution >= 0.6 is 11.6 Å². The number of methoxy groups -OCH3 is 1. The van der Waals surface area contributed by atoms with Crippen molar-refractivity contribution in [3.63, 3.8) is 0 Å². The average molecular weight is 312 g/mol. The number of ether oxygens (including phenoxy) is 1. The van der Waals surface area contributed by atoms with Gasteiger partial charge in [0.2, 0.25) is 5.91 Å². The Balaban J connectivity index is 1.98. The highest BCUT2D eigenvalue weighted by Crippen LogP contribution is 2.14. The fourth-order valence-electron chi connectivity index (χ4n) is 1.72. The third kappa shape index (κ3) is 3.82. The topological polar surface area (TPSA) is 91.0 Å². The van der Waals surface area contributed by atoms with Crippen LogP contribution in [0.4, 0.5) is 5.69 Å². The highest BCUT2D eigenvalue weighted by Gasteiger charge is 2.18. The van der Waals surface area contributed by atoms with Gasteiger partial charge in [-0.2, -0.15) is 10.2 Å². The van der Waals surface area contributed by atoms with E-state index in [9.17, 15) is 9.59 Å². The lowest BCUT2D eigenvalue weighted by atomic mass is 10.3. The van der Waals surface area contributed by atoms with Gasteiger partial charge in [-0.1, -0.05) is 11.6 Å². The van der Waals surface area contributed by atoms with E-state index in [2.05, 4.69) is 20.3 Å². The van der Waals surface area contributed by atoms with Crippen LogP contribution in [0.2, 0.25) is 5.02 Å². The Hall–Kier alpha value is -2.35. The summed E-state index contributed by atoms with van der Waals surface area (Å²) in [5, 5.41) is 11.1. The van der Waals surface area contributed by atoms with Gasteiger partial charge in [-0.15, -0.1) is 0 Å². The van der Waals surface area contributed by atoms with Crippen molar-refractivity contribution in [1.82, 2.24) is 19.6 Å². The molecule has 2 aromatic rings. The molecule has 0 spiro atoms. The monoisotopic (exact) mass is 311 g/mol.